The van der Waals surface area contributed by atoms with Crippen LogP contribution in [0.5, 0.6) is 0 Å². The molecule has 1 unspecified atom stereocenters. The molecule has 1 aromatic heterocycles. The number of hydrogen-bond acceptors (Lipinski definition) is 6. The molecule has 5 nitrogen and oxygen atoms in total. The van der Waals surface area contributed by atoms with Crippen LogP contribution in [0.25, 0.3) is 0 Å². The highest BCUT2D eigenvalue weighted by atomic mass is 32.1. The lowest BCUT2D eigenvalue weighted by Crippen LogP contribution is -2.24. The molecule has 0 saturated carbocycles. The van der Waals surface area contributed by atoms with E-state index in [1.165, 1.54) is 11.5 Å². The van der Waals surface area contributed by atoms with Crippen LogP contribution in [0, 0.1) is 5.41 Å². The number of hydrogen-bond donors (Lipinski definition) is 2. The van der Waals surface area contributed by atoms with Crippen LogP contribution in [0.1, 0.15) is 39.1 Å². The summed E-state index contributed by atoms with van der Waals surface area (Å²) in [5.41, 5.74) is 0.0491. The minimum atomic E-state index is -0.0766. The maximum Gasteiger partial charge on any atom is 0.202 e. The van der Waals surface area contributed by atoms with Gasteiger partial charge in [-0.2, -0.15) is 4.37 Å². The van der Waals surface area contributed by atoms with Gasteiger partial charge < -0.3 is 15.2 Å². The summed E-state index contributed by atoms with van der Waals surface area (Å²) in [5, 5.41) is 13.0. The minimum Gasteiger partial charge on any atom is -0.396 e. The summed E-state index contributed by atoms with van der Waals surface area (Å²) in [7, 11) is 1.64. The number of aliphatic hydroxyl groups excluding tert-OH is 1. The van der Waals surface area contributed by atoms with E-state index in [-0.39, 0.29) is 18.1 Å². The Bertz CT molecular complexity index is 341. The second kappa shape index (κ2) is 6.28. The van der Waals surface area contributed by atoms with Gasteiger partial charge in [-0.25, -0.2) is 4.98 Å². The Morgan fingerprint density at radius 2 is 2.24 bits per heavy atom. The lowest BCUT2D eigenvalue weighted by Gasteiger charge is -2.23. The lowest BCUT2D eigenvalue weighted by molar-refractivity contribution is 0.113. The molecule has 0 amide bonds. The van der Waals surface area contributed by atoms with Crippen LogP contribution >= 0.6 is 11.5 Å². The Hall–Kier alpha value is -0.720. The van der Waals surface area contributed by atoms with Crippen molar-refractivity contribution in [3.05, 3.63) is 5.82 Å². The van der Waals surface area contributed by atoms with E-state index < -0.39 is 0 Å². The summed E-state index contributed by atoms with van der Waals surface area (Å²) >= 11 is 1.34. The number of methoxy groups -OCH3 is 1. The van der Waals surface area contributed by atoms with Gasteiger partial charge in [-0.15, -0.1) is 0 Å². The second-order valence-corrected chi connectivity index (χ2v) is 5.58. The first-order chi connectivity index (χ1) is 7.98. The average Bonchev–Trinajstić information content (AvgIpc) is 2.74. The summed E-state index contributed by atoms with van der Waals surface area (Å²) in [6.07, 6.45) is 0.687. The Labute approximate surface area is 106 Å². The first kappa shape index (κ1) is 14.3. The third-order valence-corrected chi connectivity index (χ3v) is 3.35. The molecule has 6 heteroatoms. The van der Waals surface area contributed by atoms with Gasteiger partial charge in [0, 0.05) is 31.8 Å². The monoisotopic (exact) mass is 259 g/mol. The lowest BCUT2D eigenvalue weighted by atomic mass is 9.90. The minimum absolute atomic E-state index is 0.0491. The molecule has 0 saturated heterocycles. The van der Waals surface area contributed by atoms with Crippen LogP contribution in [-0.4, -0.2) is 34.7 Å². The van der Waals surface area contributed by atoms with Gasteiger partial charge in [0.25, 0.3) is 0 Å². The van der Waals surface area contributed by atoms with Crippen molar-refractivity contribution < 1.29 is 9.84 Å². The third kappa shape index (κ3) is 4.57. The Balaban J connectivity index is 2.50. The molecule has 2 N–H and O–H groups in total. The number of rotatable bonds is 7. The molecule has 0 aromatic carbocycles. The van der Waals surface area contributed by atoms with Gasteiger partial charge in [0.1, 0.15) is 6.10 Å². The van der Waals surface area contributed by atoms with Crippen molar-refractivity contribution in [2.45, 2.75) is 33.3 Å². The fraction of sp³-hybridized carbons (Fsp3) is 0.818. The van der Waals surface area contributed by atoms with Crippen molar-refractivity contribution in [3.8, 4) is 0 Å². The highest BCUT2D eigenvalue weighted by Gasteiger charge is 2.18. The molecule has 0 aliphatic rings. The second-order valence-electron chi connectivity index (χ2n) is 4.83. The van der Waals surface area contributed by atoms with Crippen molar-refractivity contribution in [1.82, 2.24) is 9.36 Å². The van der Waals surface area contributed by atoms with Crippen molar-refractivity contribution in [2.24, 2.45) is 5.41 Å². The van der Waals surface area contributed by atoms with E-state index in [0.29, 0.717) is 5.82 Å². The molecule has 17 heavy (non-hydrogen) atoms. The Morgan fingerprint density at radius 1 is 1.53 bits per heavy atom. The molecule has 1 heterocycles. The van der Waals surface area contributed by atoms with Gasteiger partial charge in [-0.3, -0.25) is 0 Å². The van der Waals surface area contributed by atoms with Crippen LogP contribution in [0.2, 0.25) is 0 Å². The van der Waals surface area contributed by atoms with Gasteiger partial charge in [0.05, 0.1) is 0 Å². The number of nitrogens with zero attached hydrogens (tertiary/aromatic N) is 2. The molecule has 0 aliphatic carbocycles. The SMILES string of the molecule is COC(C)c1nsc(NCC(C)(C)CCO)n1. The maximum atomic E-state index is 8.94. The standard InChI is InChI=1S/C11H21N3O2S/c1-8(16-4)9-13-10(17-14-9)12-7-11(2,3)5-6-15/h8,15H,5-7H2,1-4H3,(H,12,13,14). The van der Waals surface area contributed by atoms with Crippen molar-refractivity contribution >= 4 is 16.7 Å². The van der Waals surface area contributed by atoms with E-state index in [0.717, 1.165) is 18.1 Å². The first-order valence-electron chi connectivity index (χ1n) is 5.69. The maximum absolute atomic E-state index is 8.94. The quantitative estimate of drug-likeness (QED) is 0.784. The molecule has 0 aliphatic heterocycles. The van der Waals surface area contributed by atoms with Crippen LogP contribution < -0.4 is 5.32 Å². The topological polar surface area (TPSA) is 67.3 Å². The molecule has 1 rings (SSSR count). The molecular formula is C11H21N3O2S. The number of aromatic nitrogens is 2. The fourth-order valence-electron chi connectivity index (χ4n) is 1.28. The zero-order chi connectivity index (χ0) is 12.9. The summed E-state index contributed by atoms with van der Waals surface area (Å²) in [6.45, 7) is 7.10. The van der Waals surface area contributed by atoms with E-state index in [4.69, 9.17) is 9.84 Å². The van der Waals surface area contributed by atoms with E-state index in [9.17, 15) is 0 Å². The number of aliphatic hydroxyl groups is 1. The van der Waals surface area contributed by atoms with Crippen molar-refractivity contribution in [1.29, 1.82) is 0 Å². The molecule has 1 atom stereocenters. The fourth-order valence-corrected chi connectivity index (χ4v) is 1.92. The molecule has 1 aromatic rings. The first-order valence-corrected chi connectivity index (χ1v) is 6.47. The van der Waals surface area contributed by atoms with Gasteiger partial charge in [0.2, 0.25) is 5.13 Å². The van der Waals surface area contributed by atoms with Crippen molar-refractivity contribution in [3.63, 3.8) is 0 Å². The van der Waals surface area contributed by atoms with E-state index in [1.807, 2.05) is 6.92 Å². The number of ether oxygens (including phenoxy) is 1. The molecule has 0 radical (unpaired) electrons. The molecule has 0 fully saturated rings. The molecule has 0 bridgehead atoms. The number of anilines is 1. The zero-order valence-corrected chi connectivity index (χ0v) is 11.7. The molecule has 0 spiro atoms. The van der Waals surface area contributed by atoms with Gasteiger partial charge in [-0.05, 0) is 18.8 Å². The van der Waals surface area contributed by atoms with Crippen molar-refractivity contribution in [2.75, 3.05) is 25.6 Å². The van der Waals surface area contributed by atoms with Gasteiger partial charge in [0.15, 0.2) is 5.82 Å². The van der Waals surface area contributed by atoms with Gasteiger partial charge >= 0.3 is 0 Å². The average molecular weight is 259 g/mol. The Morgan fingerprint density at radius 3 is 2.82 bits per heavy atom. The summed E-state index contributed by atoms with van der Waals surface area (Å²) in [4.78, 5) is 4.35. The van der Waals surface area contributed by atoms with Gasteiger partial charge in [-0.1, -0.05) is 13.8 Å². The highest BCUT2D eigenvalue weighted by Crippen LogP contribution is 2.23. The largest absolute Gasteiger partial charge is 0.396 e. The van der Waals surface area contributed by atoms with E-state index >= 15 is 0 Å². The third-order valence-electron chi connectivity index (χ3n) is 2.67. The summed E-state index contributed by atoms with van der Waals surface area (Å²) < 4.78 is 9.38. The van der Waals surface area contributed by atoms with E-state index in [2.05, 4.69) is 28.5 Å². The molecule has 98 valence electrons. The predicted octanol–water partition coefficient (Wildman–Crippen LogP) is 2.07. The van der Waals surface area contributed by atoms with Crippen LogP contribution in [0.4, 0.5) is 5.13 Å². The van der Waals surface area contributed by atoms with Crippen LogP contribution in [-0.2, 0) is 4.74 Å². The predicted molar refractivity (Wildman–Crippen MR) is 69.3 cm³/mol. The normalized spacial score (nSPS) is 13.7. The van der Waals surface area contributed by atoms with Crippen LogP contribution in [0.15, 0.2) is 0 Å². The zero-order valence-electron chi connectivity index (χ0n) is 10.9. The molecular weight excluding hydrogens is 238 g/mol. The van der Waals surface area contributed by atoms with Crippen LogP contribution in [0.3, 0.4) is 0 Å². The number of nitrogens with one attached hydrogen (secondary N) is 1. The summed E-state index contributed by atoms with van der Waals surface area (Å²) in [5.74, 6) is 0.708. The Kier molecular flexibility index (Phi) is 5.30. The smallest absolute Gasteiger partial charge is 0.202 e. The van der Waals surface area contributed by atoms with E-state index in [1.54, 1.807) is 7.11 Å². The highest BCUT2D eigenvalue weighted by molar-refractivity contribution is 7.09. The summed E-state index contributed by atoms with van der Waals surface area (Å²) in [6, 6.07) is 0.